The fourth-order valence-electron chi connectivity index (χ4n) is 4.80. The Balaban J connectivity index is 1.97. The summed E-state index contributed by atoms with van der Waals surface area (Å²) in [5.74, 6) is 0.108. The number of halogens is 1. The predicted molar refractivity (Wildman–Crippen MR) is 166 cm³/mol. The first-order chi connectivity index (χ1) is 20.2. The minimum absolute atomic E-state index is 0.0379. The summed E-state index contributed by atoms with van der Waals surface area (Å²) < 4.78 is 18.2. The molecular weight excluding hydrogens is 655 g/mol. The molecule has 42 heavy (non-hydrogen) atoms. The maximum absolute atomic E-state index is 13.8. The molecule has 3 atom stereocenters. The summed E-state index contributed by atoms with van der Waals surface area (Å²) in [5, 5.41) is 33.2. The SMILES string of the molecule is COc1cc(CO)cc(I)c1O[C@H]1C=C(C(=O)NCCO)C[C@@H](N(CCCOC(C)C)C(=O)Cc2ccccc2)[C@@H]1O. The van der Waals surface area contributed by atoms with E-state index >= 15 is 0 Å². The fourth-order valence-corrected chi connectivity index (χ4v) is 5.59. The van der Waals surface area contributed by atoms with Crippen LogP contribution in [0, 0.1) is 3.57 Å². The third-order valence-corrected chi connectivity index (χ3v) is 7.65. The van der Waals surface area contributed by atoms with Crippen LogP contribution >= 0.6 is 22.6 Å². The van der Waals surface area contributed by atoms with E-state index in [0.717, 1.165) is 5.56 Å². The summed E-state index contributed by atoms with van der Waals surface area (Å²) in [4.78, 5) is 28.5. The largest absolute Gasteiger partial charge is 0.493 e. The molecule has 4 N–H and O–H groups in total. The first-order valence-electron chi connectivity index (χ1n) is 14.0. The van der Waals surface area contributed by atoms with Gasteiger partial charge in [-0.05, 0) is 72.2 Å². The monoisotopic (exact) mass is 696 g/mol. The Hall–Kier alpha value is -2.71. The molecule has 1 aliphatic rings. The first kappa shape index (κ1) is 33.8. The lowest BCUT2D eigenvalue weighted by Crippen LogP contribution is -2.55. The van der Waals surface area contributed by atoms with Gasteiger partial charge in [0.25, 0.3) is 0 Å². The molecule has 0 aromatic heterocycles. The molecule has 0 saturated carbocycles. The van der Waals surface area contributed by atoms with E-state index in [4.69, 9.17) is 14.2 Å². The number of hydrogen-bond acceptors (Lipinski definition) is 8. The number of aliphatic hydroxyl groups is 3. The molecule has 3 rings (SSSR count). The Morgan fingerprint density at radius 2 is 1.88 bits per heavy atom. The van der Waals surface area contributed by atoms with E-state index in [0.29, 0.717) is 45.8 Å². The standard InChI is InChI=1S/C31H41IN2O8/c1-20(2)41-13-7-11-34(28(37)16-21-8-5-4-6-9-21)25-17-23(31(39)33-10-12-35)18-26(29(25)38)42-30-24(32)14-22(19-36)15-27(30)40-3/h4-6,8-9,14-15,18,20,25-26,29,35-36,38H,7,10-13,16-17,19H2,1-3H3,(H,33,39)/t25-,26+,29+/m1/s1. The van der Waals surface area contributed by atoms with Crippen molar-refractivity contribution in [1.29, 1.82) is 0 Å². The topological polar surface area (TPSA) is 138 Å². The van der Waals surface area contributed by atoms with Gasteiger partial charge in [-0.1, -0.05) is 30.3 Å². The van der Waals surface area contributed by atoms with Gasteiger partial charge in [-0.2, -0.15) is 0 Å². The first-order valence-corrected chi connectivity index (χ1v) is 15.1. The highest BCUT2D eigenvalue weighted by Crippen LogP contribution is 2.37. The van der Waals surface area contributed by atoms with E-state index in [9.17, 15) is 24.9 Å². The molecule has 10 nitrogen and oxygen atoms in total. The summed E-state index contributed by atoms with van der Waals surface area (Å²) in [6.07, 6.45) is 0.189. The summed E-state index contributed by atoms with van der Waals surface area (Å²) in [7, 11) is 1.48. The average Bonchev–Trinajstić information content (AvgIpc) is 2.98. The van der Waals surface area contributed by atoms with Crippen LogP contribution in [0.5, 0.6) is 11.5 Å². The van der Waals surface area contributed by atoms with Crippen molar-refractivity contribution in [3.8, 4) is 11.5 Å². The van der Waals surface area contributed by atoms with Crippen LogP contribution in [0.3, 0.4) is 0 Å². The van der Waals surface area contributed by atoms with E-state index in [1.165, 1.54) is 7.11 Å². The van der Waals surface area contributed by atoms with Crippen molar-refractivity contribution in [3.63, 3.8) is 0 Å². The quantitative estimate of drug-likeness (QED) is 0.165. The maximum Gasteiger partial charge on any atom is 0.247 e. The predicted octanol–water partition coefficient (Wildman–Crippen LogP) is 2.59. The molecule has 2 aromatic rings. The third-order valence-electron chi connectivity index (χ3n) is 6.85. The van der Waals surface area contributed by atoms with Gasteiger partial charge in [0.1, 0.15) is 12.2 Å². The van der Waals surface area contributed by atoms with E-state index in [-0.39, 0.29) is 44.6 Å². The average molecular weight is 697 g/mol. The highest BCUT2D eigenvalue weighted by atomic mass is 127. The smallest absolute Gasteiger partial charge is 0.247 e. The van der Waals surface area contributed by atoms with Crippen molar-refractivity contribution in [3.05, 3.63) is 68.8 Å². The molecule has 0 aliphatic heterocycles. The van der Waals surface area contributed by atoms with Crippen molar-refractivity contribution in [1.82, 2.24) is 10.2 Å². The van der Waals surface area contributed by atoms with Crippen LogP contribution < -0.4 is 14.8 Å². The Labute approximate surface area is 260 Å². The Morgan fingerprint density at radius 1 is 1.14 bits per heavy atom. The van der Waals surface area contributed by atoms with Crippen LogP contribution in [-0.4, -0.2) is 89.8 Å². The van der Waals surface area contributed by atoms with Crippen molar-refractivity contribution in [2.45, 2.75) is 64.1 Å². The van der Waals surface area contributed by atoms with Crippen LogP contribution in [0.15, 0.2) is 54.1 Å². The zero-order valence-electron chi connectivity index (χ0n) is 24.3. The minimum atomic E-state index is -1.18. The molecule has 0 saturated heterocycles. The van der Waals surface area contributed by atoms with Crippen molar-refractivity contribution in [2.75, 3.05) is 33.4 Å². The second-order valence-electron chi connectivity index (χ2n) is 10.3. The highest BCUT2D eigenvalue weighted by molar-refractivity contribution is 14.1. The number of nitrogens with zero attached hydrogens (tertiary/aromatic N) is 1. The summed E-state index contributed by atoms with van der Waals surface area (Å²) >= 11 is 2.06. The Kier molecular flexibility index (Phi) is 13.5. The van der Waals surface area contributed by atoms with Gasteiger partial charge in [-0.3, -0.25) is 9.59 Å². The van der Waals surface area contributed by atoms with Gasteiger partial charge in [0.2, 0.25) is 11.8 Å². The second kappa shape index (κ2) is 16.8. The molecule has 230 valence electrons. The van der Waals surface area contributed by atoms with Gasteiger partial charge in [-0.25, -0.2) is 0 Å². The molecule has 11 heteroatoms. The van der Waals surface area contributed by atoms with Gasteiger partial charge in [-0.15, -0.1) is 0 Å². The molecule has 2 aromatic carbocycles. The Bertz CT molecular complexity index is 1210. The molecular formula is C31H41IN2O8. The molecule has 1 aliphatic carbocycles. The number of aliphatic hydroxyl groups excluding tert-OH is 3. The van der Waals surface area contributed by atoms with Gasteiger partial charge in [0, 0.05) is 31.7 Å². The maximum atomic E-state index is 13.8. The molecule has 0 spiro atoms. The van der Waals surface area contributed by atoms with Crippen LogP contribution in [0.25, 0.3) is 0 Å². The molecule has 0 unspecified atom stereocenters. The number of ether oxygens (including phenoxy) is 3. The van der Waals surface area contributed by atoms with E-state index < -0.39 is 24.2 Å². The van der Waals surface area contributed by atoms with Gasteiger partial charge in [0.15, 0.2) is 11.5 Å². The van der Waals surface area contributed by atoms with Gasteiger partial charge in [0.05, 0.1) is 42.5 Å². The molecule has 0 bridgehead atoms. The second-order valence-corrected chi connectivity index (χ2v) is 11.5. The minimum Gasteiger partial charge on any atom is -0.493 e. The summed E-state index contributed by atoms with van der Waals surface area (Å²) in [6, 6.07) is 12.0. The lowest BCUT2D eigenvalue weighted by molar-refractivity contribution is -0.138. The number of benzene rings is 2. The van der Waals surface area contributed by atoms with E-state index in [1.54, 1.807) is 23.1 Å². The van der Waals surface area contributed by atoms with Crippen molar-refractivity contribution in [2.24, 2.45) is 0 Å². The van der Waals surface area contributed by atoms with E-state index in [2.05, 4.69) is 27.9 Å². The Morgan fingerprint density at radius 3 is 2.52 bits per heavy atom. The van der Waals surface area contributed by atoms with Crippen LogP contribution in [0.4, 0.5) is 0 Å². The number of amides is 2. The molecule has 0 heterocycles. The number of hydrogen-bond donors (Lipinski definition) is 4. The zero-order valence-corrected chi connectivity index (χ0v) is 26.5. The third kappa shape index (κ3) is 9.40. The normalized spacial score (nSPS) is 18.4. The van der Waals surface area contributed by atoms with Crippen LogP contribution in [-0.2, 0) is 27.4 Å². The van der Waals surface area contributed by atoms with Gasteiger partial charge < -0.3 is 39.7 Å². The van der Waals surface area contributed by atoms with E-state index in [1.807, 2.05) is 44.2 Å². The number of carbonyl (C=O) groups is 2. The molecule has 0 fully saturated rings. The zero-order chi connectivity index (χ0) is 30.6. The summed E-state index contributed by atoms with van der Waals surface area (Å²) in [6.45, 7) is 4.27. The molecule has 0 radical (unpaired) electrons. The molecule has 2 amide bonds. The van der Waals surface area contributed by atoms with Gasteiger partial charge >= 0.3 is 0 Å². The summed E-state index contributed by atoms with van der Waals surface area (Å²) in [5.41, 5.74) is 1.80. The number of carbonyl (C=O) groups excluding carboxylic acids is 2. The van der Waals surface area contributed by atoms with Crippen molar-refractivity contribution >= 4 is 34.4 Å². The number of nitrogens with one attached hydrogen (secondary N) is 1. The number of methoxy groups -OCH3 is 1. The number of rotatable bonds is 15. The highest BCUT2D eigenvalue weighted by Gasteiger charge is 2.40. The van der Waals surface area contributed by atoms with Crippen molar-refractivity contribution < 1.29 is 39.1 Å². The van der Waals surface area contributed by atoms with Crippen LogP contribution in [0.1, 0.15) is 37.8 Å². The lowest BCUT2D eigenvalue weighted by Gasteiger charge is -2.41. The fraction of sp³-hybridized carbons (Fsp3) is 0.484. The lowest BCUT2D eigenvalue weighted by atomic mass is 9.87. The van der Waals surface area contributed by atoms with Crippen LogP contribution in [0.2, 0.25) is 0 Å².